The Labute approximate surface area is 119 Å². The molecule has 1 aromatic rings. The van der Waals surface area contributed by atoms with E-state index in [9.17, 15) is 4.79 Å². The molecule has 1 fully saturated rings. The molecule has 0 N–H and O–H groups in total. The maximum atomic E-state index is 12.1. The minimum Gasteiger partial charge on any atom is -0.378 e. The van der Waals surface area contributed by atoms with Crippen LogP contribution in [-0.2, 0) is 16.1 Å². The van der Waals surface area contributed by atoms with Gasteiger partial charge in [0.2, 0.25) is 5.91 Å². The predicted molar refractivity (Wildman–Crippen MR) is 74.3 cm³/mol. The van der Waals surface area contributed by atoms with Crippen molar-refractivity contribution in [2.24, 2.45) is 0 Å². The van der Waals surface area contributed by atoms with Crippen molar-refractivity contribution >= 4 is 5.91 Å². The molecule has 0 bridgehead atoms. The van der Waals surface area contributed by atoms with Crippen LogP contribution in [0.3, 0.4) is 0 Å². The summed E-state index contributed by atoms with van der Waals surface area (Å²) in [5.74, 6) is 1.29. The number of amides is 1. The van der Waals surface area contributed by atoms with Crippen LogP contribution in [0, 0.1) is 0 Å². The molecule has 0 radical (unpaired) electrons. The maximum absolute atomic E-state index is 12.1. The average molecular weight is 281 g/mol. The summed E-state index contributed by atoms with van der Waals surface area (Å²) in [6.07, 6.45) is 0. The summed E-state index contributed by atoms with van der Waals surface area (Å²) in [6, 6.07) is 1.96. The van der Waals surface area contributed by atoms with Crippen molar-refractivity contribution in [2.45, 2.75) is 26.3 Å². The molecule has 0 atom stereocenters. The molecule has 0 unspecified atom stereocenters. The van der Waals surface area contributed by atoms with Crippen LogP contribution in [0.5, 0.6) is 0 Å². The minimum atomic E-state index is 0.138. The summed E-state index contributed by atoms with van der Waals surface area (Å²) in [6.45, 7) is 7.78. The van der Waals surface area contributed by atoms with Gasteiger partial charge in [0.15, 0.2) is 5.76 Å². The number of hydrogen-bond donors (Lipinski definition) is 0. The summed E-state index contributed by atoms with van der Waals surface area (Å²) < 4.78 is 10.5. The van der Waals surface area contributed by atoms with Crippen LogP contribution >= 0.6 is 0 Å². The van der Waals surface area contributed by atoms with Crippen LogP contribution in [0.15, 0.2) is 10.6 Å². The SMILES string of the molecule is CC(C)c1cc(CN(C)CC(=O)N2CCOCC2)on1. The molecule has 1 saturated heterocycles. The third kappa shape index (κ3) is 4.05. The lowest BCUT2D eigenvalue weighted by atomic mass is 10.1. The molecule has 6 nitrogen and oxygen atoms in total. The summed E-state index contributed by atoms with van der Waals surface area (Å²) >= 11 is 0. The Bertz CT molecular complexity index is 439. The molecule has 1 amide bonds. The molecule has 0 saturated carbocycles. The smallest absolute Gasteiger partial charge is 0.236 e. The van der Waals surface area contributed by atoms with Crippen molar-refractivity contribution in [3.05, 3.63) is 17.5 Å². The third-order valence-corrected chi connectivity index (χ3v) is 3.36. The molecule has 1 aliphatic heterocycles. The Morgan fingerprint density at radius 3 is 2.75 bits per heavy atom. The lowest BCUT2D eigenvalue weighted by Gasteiger charge is -2.28. The Morgan fingerprint density at radius 2 is 2.15 bits per heavy atom. The number of morpholine rings is 1. The second-order valence-corrected chi connectivity index (χ2v) is 5.54. The van der Waals surface area contributed by atoms with Gasteiger partial charge in [-0.3, -0.25) is 9.69 Å². The van der Waals surface area contributed by atoms with Gasteiger partial charge in [0.05, 0.1) is 32.0 Å². The highest BCUT2D eigenvalue weighted by Gasteiger charge is 2.19. The Balaban J connectivity index is 1.81. The summed E-state index contributed by atoms with van der Waals surface area (Å²) in [5, 5.41) is 4.02. The first-order valence-electron chi connectivity index (χ1n) is 7.06. The van der Waals surface area contributed by atoms with E-state index in [-0.39, 0.29) is 5.91 Å². The molecular weight excluding hydrogens is 258 g/mol. The molecule has 6 heteroatoms. The van der Waals surface area contributed by atoms with E-state index < -0.39 is 0 Å². The van der Waals surface area contributed by atoms with E-state index >= 15 is 0 Å². The van der Waals surface area contributed by atoms with Gasteiger partial charge in [-0.05, 0) is 13.0 Å². The molecule has 0 spiro atoms. The molecule has 20 heavy (non-hydrogen) atoms. The van der Waals surface area contributed by atoms with Gasteiger partial charge in [-0.2, -0.15) is 0 Å². The van der Waals surface area contributed by atoms with Crippen molar-refractivity contribution in [1.82, 2.24) is 15.0 Å². The first kappa shape index (κ1) is 15.0. The molecule has 0 aliphatic carbocycles. The molecule has 2 rings (SSSR count). The van der Waals surface area contributed by atoms with Crippen molar-refractivity contribution in [3.63, 3.8) is 0 Å². The number of carbonyl (C=O) groups is 1. The maximum Gasteiger partial charge on any atom is 0.236 e. The van der Waals surface area contributed by atoms with E-state index in [1.807, 2.05) is 22.9 Å². The van der Waals surface area contributed by atoms with E-state index in [1.165, 1.54) is 0 Å². The molecule has 0 aromatic carbocycles. The topological polar surface area (TPSA) is 58.8 Å². The van der Waals surface area contributed by atoms with Crippen LogP contribution in [0.2, 0.25) is 0 Å². The summed E-state index contributed by atoms with van der Waals surface area (Å²) in [7, 11) is 1.91. The molecule has 1 aromatic heterocycles. The average Bonchev–Trinajstić information content (AvgIpc) is 2.88. The number of rotatable bonds is 5. The minimum absolute atomic E-state index is 0.138. The lowest BCUT2D eigenvalue weighted by Crippen LogP contribution is -2.44. The summed E-state index contributed by atoms with van der Waals surface area (Å²) in [5.41, 5.74) is 0.952. The number of aromatic nitrogens is 1. The van der Waals surface area contributed by atoms with Gasteiger partial charge in [-0.1, -0.05) is 19.0 Å². The molecule has 2 heterocycles. The van der Waals surface area contributed by atoms with Crippen LogP contribution in [-0.4, -0.2) is 60.8 Å². The molecule has 112 valence electrons. The number of carbonyl (C=O) groups excluding carboxylic acids is 1. The Morgan fingerprint density at radius 1 is 1.45 bits per heavy atom. The fourth-order valence-corrected chi connectivity index (χ4v) is 2.14. The van der Waals surface area contributed by atoms with Gasteiger partial charge < -0.3 is 14.2 Å². The third-order valence-electron chi connectivity index (χ3n) is 3.36. The highest BCUT2D eigenvalue weighted by Crippen LogP contribution is 2.15. The number of nitrogens with zero attached hydrogens (tertiary/aromatic N) is 3. The van der Waals surface area contributed by atoms with E-state index in [1.54, 1.807) is 0 Å². The van der Waals surface area contributed by atoms with Crippen molar-refractivity contribution in [3.8, 4) is 0 Å². The first-order chi connectivity index (χ1) is 9.56. The van der Waals surface area contributed by atoms with E-state index in [2.05, 4.69) is 19.0 Å². The fourth-order valence-electron chi connectivity index (χ4n) is 2.14. The van der Waals surface area contributed by atoms with Gasteiger partial charge >= 0.3 is 0 Å². The van der Waals surface area contributed by atoms with Crippen molar-refractivity contribution < 1.29 is 14.1 Å². The highest BCUT2D eigenvalue weighted by molar-refractivity contribution is 5.78. The number of ether oxygens (including phenoxy) is 1. The van der Waals surface area contributed by atoms with Gasteiger partial charge in [-0.25, -0.2) is 0 Å². The van der Waals surface area contributed by atoms with Gasteiger partial charge in [0.25, 0.3) is 0 Å². The summed E-state index contributed by atoms with van der Waals surface area (Å²) in [4.78, 5) is 15.9. The highest BCUT2D eigenvalue weighted by atomic mass is 16.5. The fraction of sp³-hybridized carbons (Fsp3) is 0.714. The second kappa shape index (κ2) is 6.85. The zero-order valence-corrected chi connectivity index (χ0v) is 12.5. The molecule has 1 aliphatic rings. The quantitative estimate of drug-likeness (QED) is 0.808. The predicted octanol–water partition coefficient (Wildman–Crippen LogP) is 1.09. The monoisotopic (exact) mass is 281 g/mol. The normalized spacial score (nSPS) is 16.1. The van der Waals surface area contributed by atoms with E-state index in [0.717, 1.165) is 11.5 Å². The standard InChI is InChI=1S/C14H23N3O3/c1-11(2)13-8-12(20-15-13)9-16(3)10-14(18)17-4-6-19-7-5-17/h8,11H,4-7,9-10H2,1-3H3. The number of hydrogen-bond acceptors (Lipinski definition) is 5. The van der Waals surface area contributed by atoms with E-state index in [0.29, 0.717) is 45.3 Å². The van der Waals surface area contributed by atoms with Crippen LogP contribution in [0.4, 0.5) is 0 Å². The van der Waals surface area contributed by atoms with Crippen molar-refractivity contribution in [1.29, 1.82) is 0 Å². The van der Waals surface area contributed by atoms with Gasteiger partial charge in [0, 0.05) is 19.2 Å². The van der Waals surface area contributed by atoms with E-state index in [4.69, 9.17) is 9.26 Å². The Hall–Kier alpha value is -1.40. The zero-order chi connectivity index (χ0) is 14.5. The largest absolute Gasteiger partial charge is 0.378 e. The van der Waals surface area contributed by atoms with Crippen LogP contribution in [0.1, 0.15) is 31.2 Å². The second-order valence-electron chi connectivity index (χ2n) is 5.54. The molecular formula is C14H23N3O3. The van der Waals surface area contributed by atoms with Gasteiger partial charge in [0.1, 0.15) is 0 Å². The Kier molecular flexibility index (Phi) is 5.14. The first-order valence-corrected chi connectivity index (χ1v) is 7.06. The van der Waals surface area contributed by atoms with Gasteiger partial charge in [-0.15, -0.1) is 0 Å². The van der Waals surface area contributed by atoms with Crippen LogP contribution in [0.25, 0.3) is 0 Å². The number of likely N-dealkylation sites (N-methyl/N-ethyl adjacent to an activating group) is 1. The van der Waals surface area contributed by atoms with Crippen LogP contribution < -0.4 is 0 Å². The lowest BCUT2D eigenvalue weighted by molar-refractivity contribution is -0.136. The zero-order valence-electron chi connectivity index (χ0n) is 12.5. The van der Waals surface area contributed by atoms with Crippen molar-refractivity contribution in [2.75, 3.05) is 39.9 Å².